The van der Waals surface area contributed by atoms with Gasteiger partial charge in [0.1, 0.15) is 11.6 Å². The van der Waals surface area contributed by atoms with Crippen molar-refractivity contribution in [1.82, 2.24) is 10.3 Å². The maximum atomic E-state index is 14.5. The van der Waals surface area contributed by atoms with Gasteiger partial charge in [0.2, 0.25) is 0 Å². The first-order valence-corrected chi connectivity index (χ1v) is 9.44. The molecule has 1 heterocycles. The summed E-state index contributed by atoms with van der Waals surface area (Å²) in [5.41, 5.74) is 10.4. The quantitative estimate of drug-likeness (QED) is 0.457. The van der Waals surface area contributed by atoms with Gasteiger partial charge in [0.25, 0.3) is 0 Å². The highest BCUT2D eigenvalue weighted by Crippen LogP contribution is 2.24. The first kappa shape index (κ1) is 20.2. The lowest BCUT2D eigenvalue weighted by atomic mass is 10.1. The van der Waals surface area contributed by atoms with Crippen LogP contribution in [-0.4, -0.2) is 42.4 Å². The molecule has 1 aliphatic rings. The molecule has 2 aromatic carbocycles. The summed E-state index contributed by atoms with van der Waals surface area (Å²) >= 11 is 4.61. The molecule has 2 aromatic rings. The third kappa shape index (κ3) is 5.02. The summed E-state index contributed by atoms with van der Waals surface area (Å²) in [4.78, 5) is 4.20. The van der Waals surface area contributed by atoms with Gasteiger partial charge in [0.05, 0.1) is 11.9 Å². The molecule has 3 rings (SSSR count). The van der Waals surface area contributed by atoms with Gasteiger partial charge in [0.15, 0.2) is 5.11 Å². The minimum atomic E-state index is -0.549. The van der Waals surface area contributed by atoms with E-state index in [1.165, 1.54) is 17.2 Å². The van der Waals surface area contributed by atoms with Crippen molar-refractivity contribution in [3.05, 3.63) is 64.7 Å². The third-order valence-corrected chi connectivity index (χ3v) is 4.90. The van der Waals surface area contributed by atoms with Gasteiger partial charge in [-0.15, -0.1) is 0 Å². The fourth-order valence-electron chi connectivity index (χ4n) is 3.23. The molecule has 0 aliphatic carbocycles. The van der Waals surface area contributed by atoms with Gasteiger partial charge in [-0.05, 0) is 36.3 Å². The molecule has 0 aromatic heterocycles. The molecule has 3 N–H and O–H groups in total. The molecule has 148 valence electrons. The van der Waals surface area contributed by atoms with Crippen molar-refractivity contribution >= 4 is 29.2 Å². The number of anilines is 1. The van der Waals surface area contributed by atoms with E-state index < -0.39 is 11.6 Å². The van der Waals surface area contributed by atoms with Crippen LogP contribution in [0.2, 0.25) is 0 Å². The van der Waals surface area contributed by atoms with Crippen molar-refractivity contribution in [2.45, 2.75) is 13.5 Å². The van der Waals surface area contributed by atoms with Crippen LogP contribution in [-0.2, 0) is 6.54 Å². The van der Waals surface area contributed by atoms with Crippen molar-refractivity contribution < 1.29 is 8.78 Å². The van der Waals surface area contributed by atoms with E-state index >= 15 is 0 Å². The highest BCUT2D eigenvalue weighted by Gasteiger charge is 2.21. The van der Waals surface area contributed by atoms with Crippen molar-refractivity contribution in [3.8, 4) is 0 Å². The van der Waals surface area contributed by atoms with E-state index in [-0.39, 0.29) is 16.4 Å². The Bertz CT molecular complexity index is 879. The molecule has 1 aliphatic heterocycles. The van der Waals surface area contributed by atoms with Crippen LogP contribution < -0.4 is 16.1 Å². The molecular formula is C20H23F2N5S. The molecule has 0 spiro atoms. The summed E-state index contributed by atoms with van der Waals surface area (Å²) in [5, 5.41) is 3.63. The molecule has 28 heavy (non-hydrogen) atoms. The Labute approximate surface area is 168 Å². The van der Waals surface area contributed by atoms with Crippen LogP contribution in [0.1, 0.15) is 16.7 Å². The van der Waals surface area contributed by atoms with Crippen LogP contribution in [0.4, 0.5) is 14.5 Å². The molecule has 0 atom stereocenters. The van der Waals surface area contributed by atoms with Gasteiger partial charge in [0, 0.05) is 44.4 Å². The molecule has 8 heteroatoms. The zero-order chi connectivity index (χ0) is 20.1. The van der Waals surface area contributed by atoms with E-state index in [1.54, 1.807) is 0 Å². The van der Waals surface area contributed by atoms with Crippen LogP contribution in [0.3, 0.4) is 0 Å². The maximum absolute atomic E-state index is 14.5. The van der Waals surface area contributed by atoms with Crippen LogP contribution >= 0.6 is 12.2 Å². The molecule has 0 unspecified atom stereocenters. The maximum Gasteiger partial charge on any atom is 0.184 e. The molecule has 0 radical (unpaired) electrons. The number of aryl methyl sites for hydroxylation is 1. The Hall–Kier alpha value is -2.58. The number of rotatable bonds is 5. The molecule has 5 nitrogen and oxygen atoms in total. The number of halogens is 2. The fourth-order valence-corrected chi connectivity index (χ4v) is 3.29. The minimum Gasteiger partial charge on any atom is -0.375 e. The highest BCUT2D eigenvalue weighted by molar-refractivity contribution is 7.80. The Morgan fingerprint density at radius 2 is 1.89 bits per heavy atom. The standard InChI is InChI=1S/C20H23F2N5S/c1-14-4-2-3-5-15(14)13-26-6-8-27(9-7-26)19-11-17(21)16(10-18(19)22)12-24-25-20(23)28/h2-5,10-12H,6-9,13H2,1H3,(H3,23,25,28)/b24-12+. The van der Waals surface area contributed by atoms with Crippen molar-refractivity contribution in [2.75, 3.05) is 31.1 Å². The number of hydrogen-bond donors (Lipinski definition) is 2. The number of hydrogen-bond acceptors (Lipinski definition) is 4. The van der Waals surface area contributed by atoms with E-state index in [9.17, 15) is 8.78 Å². The number of nitrogens with two attached hydrogens (primary N) is 1. The number of nitrogens with zero attached hydrogens (tertiary/aromatic N) is 3. The number of benzene rings is 2. The summed E-state index contributed by atoms with van der Waals surface area (Å²) in [6.07, 6.45) is 1.15. The van der Waals surface area contributed by atoms with Gasteiger partial charge in [-0.2, -0.15) is 5.10 Å². The zero-order valence-electron chi connectivity index (χ0n) is 15.7. The summed E-state index contributed by atoms with van der Waals surface area (Å²) in [5.74, 6) is -1.03. The second-order valence-corrected chi connectivity index (χ2v) is 7.19. The van der Waals surface area contributed by atoms with Gasteiger partial charge in [-0.25, -0.2) is 8.78 Å². The Balaban J connectivity index is 1.64. The molecule has 0 bridgehead atoms. The fraction of sp³-hybridized carbons (Fsp3) is 0.300. The summed E-state index contributed by atoms with van der Waals surface area (Å²) in [6, 6.07) is 10.7. The monoisotopic (exact) mass is 403 g/mol. The number of piperazine rings is 1. The van der Waals surface area contributed by atoms with E-state index in [2.05, 4.69) is 46.7 Å². The second-order valence-electron chi connectivity index (χ2n) is 6.75. The largest absolute Gasteiger partial charge is 0.375 e. The second kappa shape index (κ2) is 9.07. The zero-order valence-corrected chi connectivity index (χ0v) is 16.5. The van der Waals surface area contributed by atoms with Crippen molar-refractivity contribution in [2.24, 2.45) is 10.8 Å². The lowest BCUT2D eigenvalue weighted by Gasteiger charge is -2.36. The molecule has 1 fully saturated rings. The normalized spacial score (nSPS) is 15.2. The molecular weight excluding hydrogens is 380 g/mol. The van der Waals surface area contributed by atoms with Gasteiger partial charge in [-0.1, -0.05) is 24.3 Å². The molecule has 0 amide bonds. The Morgan fingerprint density at radius 1 is 1.18 bits per heavy atom. The topological polar surface area (TPSA) is 56.9 Å². The SMILES string of the molecule is Cc1ccccc1CN1CCN(c2cc(F)c(/C=N/NC(N)=S)cc2F)CC1. The molecule has 0 saturated carbocycles. The van der Waals surface area contributed by atoms with Crippen molar-refractivity contribution in [3.63, 3.8) is 0 Å². The average Bonchev–Trinajstić information content (AvgIpc) is 2.66. The number of thiocarbonyl (C=S) groups is 1. The van der Waals surface area contributed by atoms with E-state index in [0.29, 0.717) is 13.1 Å². The first-order valence-electron chi connectivity index (χ1n) is 9.03. The van der Waals surface area contributed by atoms with Crippen LogP contribution in [0.15, 0.2) is 41.5 Å². The number of hydrazone groups is 1. The van der Waals surface area contributed by atoms with E-state index in [0.717, 1.165) is 31.9 Å². The third-order valence-electron chi connectivity index (χ3n) is 4.81. The summed E-state index contributed by atoms with van der Waals surface area (Å²) in [6.45, 7) is 5.82. The number of nitrogens with one attached hydrogen (secondary N) is 1. The average molecular weight is 404 g/mol. The van der Waals surface area contributed by atoms with Crippen molar-refractivity contribution in [1.29, 1.82) is 0 Å². The van der Waals surface area contributed by atoms with Gasteiger partial charge < -0.3 is 10.6 Å². The lowest BCUT2D eigenvalue weighted by molar-refractivity contribution is 0.248. The first-order chi connectivity index (χ1) is 13.4. The van der Waals surface area contributed by atoms with Crippen LogP contribution in [0.5, 0.6) is 0 Å². The van der Waals surface area contributed by atoms with Gasteiger partial charge >= 0.3 is 0 Å². The predicted octanol–water partition coefficient (Wildman–Crippen LogP) is 2.76. The smallest absolute Gasteiger partial charge is 0.184 e. The summed E-state index contributed by atoms with van der Waals surface area (Å²) < 4.78 is 28.9. The van der Waals surface area contributed by atoms with Crippen LogP contribution in [0, 0.1) is 18.6 Å². The van der Waals surface area contributed by atoms with Crippen LogP contribution in [0.25, 0.3) is 0 Å². The van der Waals surface area contributed by atoms with E-state index in [1.807, 2.05) is 17.0 Å². The highest BCUT2D eigenvalue weighted by atomic mass is 32.1. The lowest BCUT2D eigenvalue weighted by Crippen LogP contribution is -2.46. The van der Waals surface area contributed by atoms with Gasteiger partial charge in [-0.3, -0.25) is 10.3 Å². The summed E-state index contributed by atoms with van der Waals surface area (Å²) in [7, 11) is 0. The van der Waals surface area contributed by atoms with E-state index in [4.69, 9.17) is 5.73 Å². The minimum absolute atomic E-state index is 0.0307. The Morgan fingerprint density at radius 3 is 2.57 bits per heavy atom. The molecule has 1 saturated heterocycles. The predicted molar refractivity (Wildman–Crippen MR) is 113 cm³/mol. The Kier molecular flexibility index (Phi) is 6.53.